The first-order valence-electron chi connectivity index (χ1n) is 3.96. The molecule has 0 N–H and O–H groups in total. The van der Waals surface area contributed by atoms with E-state index in [1.165, 1.54) is 0 Å². The molecular weight excluding hydrogens is 238 g/mol. The van der Waals surface area contributed by atoms with Gasteiger partial charge in [0.15, 0.2) is 0 Å². The van der Waals surface area contributed by atoms with Crippen LogP contribution in [0.3, 0.4) is 0 Å². The fourth-order valence-corrected chi connectivity index (χ4v) is 1.73. The molecule has 0 fully saturated rings. The summed E-state index contributed by atoms with van der Waals surface area (Å²) >= 11 is 3.31. The highest BCUT2D eigenvalue weighted by Crippen LogP contribution is 2.18. The fourth-order valence-electron chi connectivity index (χ4n) is 1.11. The van der Waals surface area contributed by atoms with Gasteiger partial charge < -0.3 is 0 Å². The van der Waals surface area contributed by atoms with Crippen molar-refractivity contribution in [1.82, 2.24) is 0 Å². The summed E-state index contributed by atoms with van der Waals surface area (Å²) in [7, 11) is 0. The van der Waals surface area contributed by atoms with E-state index in [1.54, 1.807) is 6.42 Å². The maximum absolute atomic E-state index is 11.9. The van der Waals surface area contributed by atoms with Crippen LogP contribution in [0.2, 0.25) is 0 Å². The molecule has 0 atom stereocenters. The molecule has 0 aliphatic heterocycles. The third kappa shape index (κ3) is 3.85. The normalized spacial score (nSPS) is 10.8. The molecule has 0 saturated heterocycles. The molecule has 13 heavy (non-hydrogen) atoms. The number of aryl methyl sites for hydroxylation is 1. The second-order valence-corrected chi connectivity index (χ2v) is 3.81. The number of benzene rings is 1. The average Bonchev–Trinajstić information content (AvgIpc) is 1.99. The lowest BCUT2D eigenvalue weighted by Gasteiger charge is -2.03. The van der Waals surface area contributed by atoms with Gasteiger partial charge in [0.2, 0.25) is 6.43 Å². The molecule has 1 rings (SSSR count). The zero-order chi connectivity index (χ0) is 9.84. The topological polar surface area (TPSA) is 0 Å². The highest BCUT2D eigenvalue weighted by Gasteiger charge is 2.04. The van der Waals surface area contributed by atoms with Gasteiger partial charge in [0, 0.05) is 10.9 Å². The first kappa shape index (κ1) is 10.6. The van der Waals surface area contributed by atoms with Crippen molar-refractivity contribution in [3.8, 4) is 0 Å². The van der Waals surface area contributed by atoms with Crippen LogP contribution in [0.15, 0.2) is 22.7 Å². The SMILES string of the molecule is Cc1cc(Br)cc([CH]CC(F)F)c1. The highest BCUT2D eigenvalue weighted by molar-refractivity contribution is 9.10. The molecule has 1 aromatic rings. The zero-order valence-electron chi connectivity index (χ0n) is 7.23. The summed E-state index contributed by atoms with van der Waals surface area (Å²) in [6.07, 6.45) is -0.905. The van der Waals surface area contributed by atoms with E-state index in [1.807, 2.05) is 25.1 Å². The van der Waals surface area contributed by atoms with Crippen molar-refractivity contribution in [1.29, 1.82) is 0 Å². The summed E-state index contributed by atoms with van der Waals surface area (Å²) < 4.78 is 24.7. The van der Waals surface area contributed by atoms with E-state index in [9.17, 15) is 8.78 Å². The Bertz CT molecular complexity index is 264. The van der Waals surface area contributed by atoms with Crippen LogP contribution in [-0.4, -0.2) is 6.43 Å². The molecule has 0 unspecified atom stereocenters. The lowest BCUT2D eigenvalue weighted by Crippen LogP contribution is -1.92. The number of rotatable bonds is 3. The van der Waals surface area contributed by atoms with Crippen LogP contribution < -0.4 is 0 Å². The van der Waals surface area contributed by atoms with Crippen molar-refractivity contribution < 1.29 is 8.78 Å². The first-order chi connectivity index (χ1) is 6.08. The highest BCUT2D eigenvalue weighted by atomic mass is 79.9. The van der Waals surface area contributed by atoms with Crippen LogP contribution in [0.4, 0.5) is 8.78 Å². The van der Waals surface area contributed by atoms with Gasteiger partial charge >= 0.3 is 0 Å². The standard InChI is InChI=1S/C10H10BrF2/c1-7-4-8(2-3-10(12)13)6-9(11)5-7/h2,4-6,10H,3H2,1H3. The maximum Gasteiger partial charge on any atom is 0.239 e. The Balaban J connectivity index is 2.66. The molecule has 0 spiro atoms. The van der Waals surface area contributed by atoms with Crippen LogP contribution in [-0.2, 0) is 0 Å². The molecule has 0 nitrogen and oxygen atoms in total. The molecular formula is C10H10BrF2. The van der Waals surface area contributed by atoms with Crippen molar-refractivity contribution in [2.24, 2.45) is 0 Å². The van der Waals surface area contributed by atoms with Gasteiger partial charge in [-0.25, -0.2) is 8.78 Å². The Kier molecular flexibility index (Phi) is 3.85. The number of hydrogen-bond acceptors (Lipinski definition) is 0. The average molecular weight is 248 g/mol. The van der Waals surface area contributed by atoms with Gasteiger partial charge in [-0.2, -0.15) is 0 Å². The van der Waals surface area contributed by atoms with Gasteiger partial charge in [-0.1, -0.05) is 22.0 Å². The Morgan fingerprint density at radius 2 is 2.08 bits per heavy atom. The first-order valence-corrected chi connectivity index (χ1v) is 4.76. The largest absolute Gasteiger partial charge is 0.239 e. The van der Waals surface area contributed by atoms with E-state index < -0.39 is 6.43 Å². The molecule has 1 aromatic carbocycles. The lowest BCUT2D eigenvalue weighted by molar-refractivity contribution is 0.148. The molecule has 1 radical (unpaired) electrons. The summed E-state index contributed by atoms with van der Waals surface area (Å²) in [6.45, 7) is 1.93. The summed E-state index contributed by atoms with van der Waals surface area (Å²) in [5.41, 5.74) is 1.90. The second kappa shape index (κ2) is 4.70. The smallest absolute Gasteiger partial charge is 0.211 e. The van der Waals surface area contributed by atoms with E-state index in [0.29, 0.717) is 0 Å². The quantitative estimate of drug-likeness (QED) is 0.759. The molecule has 0 aliphatic rings. The fraction of sp³-hybridized carbons (Fsp3) is 0.300. The lowest BCUT2D eigenvalue weighted by atomic mass is 10.1. The van der Waals surface area contributed by atoms with E-state index in [0.717, 1.165) is 15.6 Å². The van der Waals surface area contributed by atoms with Crippen molar-refractivity contribution in [3.05, 3.63) is 40.2 Å². The summed E-state index contributed by atoms with van der Waals surface area (Å²) in [5.74, 6) is 0. The minimum Gasteiger partial charge on any atom is -0.211 e. The molecule has 3 heteroatoms. The van der Waals surface area contributed by atoms with Gasteiger partial charge in [0.25, 0.3) is 0 Å². The third-order valence-corrected chi connectivity index (χ3v) is 2.05. The molecule has 0 aromatic heterocycles. The molecule has 71 valence electrons. The van der Waals surface area contributed by atoms with Crippen LogP contribution in [0, 0.1) is 13.3 Å². The predicted octanol–water partition coefficient (Wildman–Crippen LogP) is 3.97. The van der Waals surface area contributed by atoms with E-state index in [-0.39, 0.29) is 6.42 Å². The number of hydrogen-bond donors (Lipinski definition) is 0. The van der Waals surface area contributed by atoms with Gasteiger partial charge in [0.1, 0.15) is 0 Å². The van der Waals surface area contributed by atoms with Crippen LogP contribution >= 0.6 is 15.9 Å². The van der Waals surface area contributed by atoms with E-state index >= 15 is 0 Å². The Morgan fingerprint density at radius 1 is 1.38 bits per heavy atom. The summed E-state index contributed by atoms with van der Waals surface area (Å²) in [6, 6.07) is 5.65. The molecule has 0 bridgehead atoms. The summed E-state index contributed by atoms with van der Waals surface area (Å²) in [5, 5.41) is 0. The van der Waals surface area contributed by atoms with Crippen molar-refractivity contribution in [2.75, 3.05) is 0 Å². The van der Waals surface area contributed by atoms with Gasteiger partial charge in [-0.15, -0.1) is 0 Å². The molecule has 0 saturated carbocycles. The zero-order valence-corrected chi connectivity index (χ0v) is 8.81. The Labute approximate surface area is 85.1 Å². The molecule has 0 heterocycles. The second-order valence-electron chi connectivity index (χ2n) is 2.89. The van der Waals surface area contributed by atoms with Crippen molar-refractivity contribution in [2.45, 2.75) is 19.8 Å². The molecule has 0 amide bonds. The number of alkyl halides is 2. The third-order valence-electron chi connectivity index (χ3n) is 1.60. The maximum atomic E-state index is 11.9. The van der Waals surface area contributed by atoms with Gasteiger partial charge in [-0.3, -0.25) is 0 Å². The minimum atomic E-state index is -2.26. The predicted molar refractivity (Wildman–Crippen MR) is 52.9 cm³/mol. The van der Waals surface area contributed by atoms with E-state index in [4.69, 9.17) is 0 Å². The monoisotopic (exact) mass is 247 g/mol. The van der Waals surface area contributed by atoms with Crippen molar-refractivity contribution in [3.63, 3.8) is 0 Å². The van der Waals surface area contributed by atoms with E-state index in [2.05, 4.69) is 15.9 Å². The minimum absolute atomic E-state index is 0.185. The van der Waals surface area contributed by atoms with Gasteiger partial charge in [-0.05, 0) is 36.6 Å². The van der Waals surface area contributed by atoms with Crippen LogP contribution in [0.25, 0.3) is 0 Å². The van der Waals surface area contributed by atoms with Crippen molar-refractivity contribution >= 4 is 15.9 Å². The Morgan fingerprint density at radius 3 is 2.62 bits per heavy atom. The summed E-state index contributed by atoms with van der Waals surface area (Å²) in [4.78, 5) is 0. The number of halogens is 3. The molecule has 0 aliphatic carbocycles. The van der Waals surface area contributed by atoms with Crippen LogP contribution in [0.5, 0.6) is 0 Å². The Hall–Kier alpha value is -0.440. The van der Waals surface area contributed by atoms with Crippen LogP contribution in [0.1, 0.15) is 17.5 Å². The van der Waals surface area contributed by atoms with Gasteiger partial charge in [0.05, 0.1) is 0 Å².